The molecule has 0 aliphatic rings. The fourth-order valence-electron chi connectivity index (χ4n) is 2.83. The highest BCUT2D eigenvalue weighted by Gasteiger charge is 2.26. The molecule has 8 heteroatoms. The van der Waals surface area contributed by atoms with Crippen LogP contribution in [0.3, 0.4) is 0 Å². The van der Waals surface area contributed by atoms with Gasteiger partial charge in [0.25, 0.3) is 0 Å². The molecule has 1 unspecified atom stereocenters. The molecule has 1 atom stereocenters. The molecule has 0 saturated heterocycles. The summed E-state index contributed by atoms with van der Waals surface area (Å²) in [6, 6.07) is 4.18. The Morgan fingerprint density at radius 3 is 2.43 bits per heavy atom. The predicted octanol–water partition coefficient (Wildman–Crippen LogP) is 4.42. The normalized spacial score (nSPS) is 12.4. The Labute approximate surface area is 176 Å². The van der Waals surface area contributed by atoms with Crippen LogP contribution in [0.1, 0.15) is 58.3 Å². The molecule has 1 aromatic carbocycles. The molecule has 1 aromatic heterocycles. The lowest BCUT2D eigenvalue weighted by Crippen LogP contribution is -2.46. The lowest BCUT2D eigenvalue weighted by atomic mass is 10.0. The molecule has 2 rings (SSSR count). The number of Topliss-reactive ketones (excluding diaryl/α,β-unsaturated/α-hetero) is 1. The lowest BCUT2D eigenvalue weighted by molar-refractivity contribution is -0.118. The maximum Gasteiger partial charge on any atom is 0.408 e. The van der Waals surface area contributed by atoms with Crippen molar-refractivity contribution in [1.29, 1.82) is 0 Å². The summed E-state index contributed by atoms with van der Waals surface area (Å²) in [6.45, 7) is 10.6. The molecular formula is C22H29N3O5. The third-order valence-corrected chi connectivity index (χ3v) is 4.09. The molecular weight excluding hydrogens is 386 g/mol. The molecule has 1 heterocycles. The molecule has 0 radical (unpaired) electrons. The summed E-state index contributed by atoms with van der Waals surface area (Å²) in [7, 11) is 0. The maximum atomic E-state index is 12.9. The molecule has 0 saturated carbocycles. The Hall–Kier alpha value is -3.16. The van der Waals surface area contributed by atoms with Gasteiger partial charge in [-0.2, -0.15) is 0 Å². The second kappa shape index (κ2) is 9.56. The average molecular weight is 415 g/mol. The van der Waals surface area contributed by atoms with Crippen molar-refractivity contribution < 1.29 is 23.5 Å². The van der Waals surface area contributed by atoms with E-state index >= 15 is 0 Å². The van der Waals surface area contributed by atoms with E-state index in [1.165, 1.54) is 13.3 Å². The average Bonchev–Trinajstić information content (AvgIpc) is 3.13. The van der Waals surface area contributed by atoms with Gasteiger partial charge in [0.2, 0.25) is 5.91 Å². The van der Waals surface area contributed by atoms with Gasteiger partial charge in [0, 0.05) is 11.1 Å². The number of carbonyl (C=O) groups is 3. The monoisotopic (exact) mass is 415 g/mol. The Bertz CT molecular complexity index is 898. The number of amides is 2. The van der Waals surface area contributed by atoms with Crippen molar-refractivity contribution in [1.82, 2.24) is 10.3 Å². The number of rotatable bonds is 7. The Balaban J connectivity index is 2.23. The van der Waals surface area contributed by atoms with Crippen molar-refractivity contribution in [2.75, 3.05) is 5.32 Å². The SMILES string of the molecule is CC(=O)c1cc(-c2cnco2)ccc1NC(=O)C(CC(C)C)NC(=O)OC(C)(C)C. The molecule has 0 fully saturated rings. The van der Waals surface area contributed by atoms with Gasteiger partial charge in [-0.1, -0.05) is 13.8 Å². The number of alkyl carbamates (subject to hydrolysis) is 1. The second-order valence-electron chi connectivity index (χ2n) is 8.50. The van der Waals surface area contributed by atoms with Crippen molar-refractivity contribution in [3.63, 3.8) is 0 Å². The number of ketones is 1. The summed E-state index contributed by atoms with van der Waals surface area (Å²) in [5.41, 5.74) is 0.677. The van der Waals surface area contributed by atoms with Crippen molar-refractivity contribution in [2.45, 2.75) is 59.6 Å². The highest BCUT2D eigenvalue weighted by Crippen LogP contribution is 2.26. The van der Waals surface area contributed by atoms with E-state index in [9.17, 15) is 14.4 Å². The summed E-state index contributed by atoms with van der Waals surface area (Å²) in [5, 5.41) is 5.39. The van der Waals surface area contributed by atoms with Crippen LogP contribution in [-0.2, 0) is 9.53 Å². The number of hydrogen-bond acceptors (Lipinski definition) is 6. The maximum absolute atomic E-state index is 12.9. The zero-order valence-corrected chi connectivity index (χ0v) is 18.2. The number of nitrogens with zero attached hydrogens (tertiary/aromatic N) is 1. The van der Waals surface area contributed by atoms with Crippen LogP contribution in [0.15, 0.2) is 35.2 Å². The number of nitrogens with one attached hydrogen (secondary N) is 2. The third kappa shape index (κ3) is 6.72. The van der Waals surface area contributed by atoms with Gasteiger partial charge >= 0.3 is 6.09 Å². The lowest BCUT2D eigenvalue weighted by Gasteiger charge is -2.24. The molecule has 2 amide bonds. The number of benzene rings is 1. The van der Waals surface area contributed by atoms with E-state index in [4.69, 9.17) is 9.15 Å². The van der Waals surface area contributed by atoms with Crippen LogP contribution >= 0.6 is 0 Å². The first-order valence-electron chi connectivity index (χ1n) is 9.80. The first kappa shape index (κ1) is 23.1. The van der Waals surface area contributed by atoms with Gasteiger partial charge in [0.15, 0.2) is 17.9 Å². The standard InChI is InChI=1S/C22H29N3O5/c1-13(2)9-18(25-21(28)30-22(4,5)6)20(27)24-17-8-7-15(10-16(17)14(3)26)19-11-23-12-29-19/h7-8,10-13,18H,9H2,1-6H3,(H,24,27)(H,25,28). The molecule has 0 aliphatic carbocycles. The summed E-state index contributed by atoms with van der Waals surface area (Å²) < 4.78 is 10.5. The van der Waals surface area contributed by atoms with Crippen LogP contribution in [-0.4, -0.2) is 34.4 Å². The quantitative estimate of drug-likeness (QED) is 0.648. The second-order valence-corrected chi connectivity index (χ2v) is 8.50. The van der Waals surface area contributed by atoms with Crippen molar-refractivity contribution in [3.05, 3.63) is 36.4 Å². The molecule has 2 N–H and O–H groups in total. The number of aromatic nitrogens is 1. The van der Waals surface area contributed by atoms with Crippen LogP contribution in [0, 0.1) is 5.92 Å². The minimum Gasteiger partial charge on any atom is -0.444 e. The molecule has 2 aromatic rings. The number of anilines is 1. The number of ether oxygens (including phenoxy) is 1. The van der Waals surface area contributed by atoms with E-state index in [1.54, 1.807) is 45.2 Å². The minimum atomic E-state index is -0.811. The molecule has 30 heavy (non-hydrogen) atoms. The number of oxazole rings is 1. The third-order valence-electron chi connectivity index (χ3n) is 4.09. The molecule has 0 aliphatic heterocycles. The van der Waals surface area contributed by atoms with Gasteiger partial charge in [-0.05, 0) is 58.2 Å². The number of hydrogen-bond donors (Lipinski definition) is 2. The van der Waals surface area contributed by atoms with Gasteiger partial charge in [-0.25, -0.2) is 9.78 Å². The number of carbonyl (C=O) groups excluding carboxylic acids is 3. The summed E-state index contributed by atoms with van der Waals surface area (Å²) in [5.74, 6) is 0.0214. The molecule has 162 valence electrons. The summed E-state index contributed by atoms with van der Waals surface area (Å²) >= 11 is 0. The highest BCUT2D eigenvalue weighted by molar-refractivity contribution is 6.06. The molecule has 0 spiro atoms. The van der Waals surface area contributed by atoms with Crippen LogP contribution < -0.4 is 10.6 Å². The topological polar surface area (TPSA) is 111 Å². The van der Waals surface area contributed by atoms with Crippen LogP contribution in [0.4, 0.5) is 10.5 Å². The van der Waals surface area contributed by atoms with E-state index in [0.29, 0.717) is 29.0 Å². The Morgan fingerprint density at radius 2 is 1.90 bits per heavy atom. The van der Waals surface area contributed by atoms with E-state index in [-0.39, 0.29) is 11.7 Å². The van der Waals surface area contributed by atoms with Gasteiger partial charge in [0.1, 0.15) is 11.6 Å². The van der Waals surface area contributed by atoms with Crippen LogP contribution in [0.5, 0.6) is 0 Å². The predicted molar refractivity (Wildman–Crippen MR) is 113 cm³/mol. The fraction of sp³-hybridized carbons (Fsp3) is 0.455. The van der Waals surface area contributed by atoms with Gasteiger partial charge in [0.05, 0.1) is 11.9 Å². The highest BCUT2D eigenvalue weighted by atomic mass is 16.6. The Morgan fingerprint density at radius 1 is 1.20 bits per heavy atom. The van der Waals surface area contributed by atoms with Gasteiger partial charge in [-0.15, -0.1) is 0 Å². The van der Waals surface area contributed by atoms with E-state index in [1.807, 2.05) is 13.8 Å². The van der Waals surface area contributed by atoms with Crippen LogP contribution in [0.2, 0.25) is 0 Å². The van der Waals surface area contributed by atoms with Crippen molar-refractivity contribution in [2.24, 2.45) is 5.92 Å². The van der Waals surface area contributed by atoms with Crippen molar-refractivity contribution >= 4 is 23.5 Å². The van der Waals surface area contributed by atoms with E-state index < -0.39 is 23.6 Å². The molecule has 0 bridgehead atoms. The van der Waals surface area contributed by atoms with Crippen molar-refractivity contribution in [3.8, 4) is 11.3 Å². The first-order valence-corrected chi connectivity index (χ1v) is 9.80. The minimum absolute atomic E-state index is 0.150. The fourth-order valence-corrected chi connectivity index (χ4v) is 2.83. The van der Waals surface area contributed by atoms with Crippen LogP contribution in [0.25, 0.3) is 11.3 Å². The van der Waals surface area contributed by atoms with Gasteiger partial charge in [-0.3, -0.25) is 9.59 Å². The molecule has 8 nitrogen and oxygen atoms in total. The van der Waals surface area contributed by atoms with Gasteiger partial charge < -0.3 is 19.8 Å². The summed E-state index contributed by atoms with van der Waals surface area (Å²) in [4.78, 5) is 41.1. The van der Waals surface area contributed by atoms with E-state index in [2.05, 4.69) is 15.6 Å². The summed E-state index contributed by atoms with van der Waals surface area (Å²) in [6.07, 6.45) is 2.59. The van der Waals surface area contributed by atoms with E-state index in [0.717, 1.165) is 0 Å². The zero-order valence-electron chi connectivity index (χ0n) is 18.2. The first-order chi connectivity index (χ1) is 14.0. The smallest absolute Gasteiger partial charge is 0.408 e. The largest absolute Gasteiger partial charge is 0.444 e. The Kier molecular flexibility index (Phi) is 7.37. The zero-order chi connectivity index (χ0) is 22.5.